The van der Waals surface area contributed by atoms with E-state index in [1.54, 1.807) is 23.1 Å². The largest absolute Gasteiger partial charge is 0.483 e. The highest BCUT2D eigenvalue weighted by Crippen LogP contribution is 2.25. The summed E-state index contributed by atoms with van der Waals surface area (Å²) in [7, 11) is 0. The molecule has 5 nitrogen and oxygen atoms in total. The van der Waals surface area contributed by atoms with Crippen LogP contribution < -0.4 is 10.1 Å². The Bertz CT molecular complexity index is 918. The number of nitrogens with one attached hydrogen (secondary N) is 1. The van der Waals surface area contributed by atoms with E-state index >= 15 is 0 Å². The van der Waals surface area contributed by atoms with Gasteiger partial charge in [0.15, 0.2) is 6.61 Å². The third kappa shape index (κ3) is 6.88. The Kier molecular flexibility index (Phi) is 9.66. The third-order valence-electron chi connectivity index (χ3n) is 5.18. The van der Waals surface area contributed by atoms with Crippen LogP contribution in [0.15, 0.2) is 36.4 Å². The molecule has 0 aliphatic carbocycles. The normalized spacial score (nSPS) is 11.7. The lowest BCUT2D eigenvalue weighted by atomic mass is 10.1. The van der Waals surface area contributed by atoms with E-state index < -0.39 is 6.04 Å². The number of carbonyl (C=O) groups excluding carboxylic acids is 2. The van der Waals surface area contributed by atoms with Crippen molar-refractivity contribution in [1.82, 2.24) is 10.2 Å². The first kappa shape index (κ1) is 25.0. The van der Waals surface area contributed by atoms with Crippen LogP contribution in [0.2, 0.25) is 10.0 Å². The van der Waals surface area contributed by atoms with E-state index in [0.29, 0.717) is 28.8 Å². The number of carbonyl (C=O) groups is 2. The van der Waals surface area contributed by atoms with Gasteiger partial charge in [0.2, 0.25) is 5.91 Å². The summed E-state index contributed by atoms with van der Waals surface area (Å²) < 4.78 is 5.83. The maximum absolute atomic E-state index is 13.2. The molecule has 7 heteroatoms. The summed E-state index contributed by atoms with van der Waals surface area (Å²) in [5.41, 5.74) is 2.86. The first-order valence-electron chi connectivity index (χ1n) is 10.5. The number of aryl methyl sites for hydroxylation is 1. The second kappa shape index (κ2) is 12.0. The van der Waals surface area contributed by atoms with Gasteiger partial charge in [-0.2, -0.15) is 0 Å². The van der Waals surface area contributed by atoms with Crippen LogP contribution in [-0.4, -0.2) is 35.9 Å². The minimum atomic E-state index is -0.615. The number of nitrogens with zero attached hydrogens (tertiary/aromatic N) is 1. The van der Waals surface area contributed by atoms with Gasteiger partial charge in [0.05, 0.1) is 10.0 Å². The summed E-state index contributed by atoms with van der Waals surface area (Å²) in [6, 6.07) is 10.3. The zero-order valence-electron chi connectivity index (χ0n) is 18.5. The molecule has 0 fully saturated rings. The second-order valence-corrected chi connectivity index (χ2v) is 8.29. The monoisotopic (exact) mass is 464 g/mol. The predicted octanol–water partition coefficient (Wildman–Crippen LogP) is 5.32. The Hall–Kier alpha value is -2.24. The maximum atomic E-state index is 13.2. The fraction of sp³-hybridized carbons (Fsp3) is 0.417. The van der Waals surface area contributed by atoms with Crippen LogP contribution in [0.5, 0.6) is 5.75 Å². The molecule has 2 aromatic carbocycles. The molecule has 0 heterocycles. The van der Waals surface area contributed by atoms with Gasteiger partial charge in [-0.3, -0.25) is 9.59 Å². The topological polar surface area (TPSA) is 58.6 Å². The van der Waals surface area contributed by atoms with E-state index in [9.17, 15) is 9.59 Å². The Labute approximate surface area is 194 Å². The van der Waals surface area contributed by atoms with Crippen LogP contribution in [0.1, 0.15) is 43.4 Å². The van der Waals surface area contributed by atoms with Crippen LogP contribution in [0.4, 0.5) is 0 Å². The molecule has 2 rings (SSSR count). The number of rotatable bonds is 10. The average Bonchev–Trinajstić information content (AvgIpc) is 2.75. The molecule has 0 radical (unpaired) electrons. The first-order valence-corrected chi connectivity index (χ1v) is 11.2. The van der Waals surface area contributed by atoms with Crippen molar-refractivity contribution in [2.75, 3.05) is 13.2 Å². The van der Waals surface area contributed by atoms with Crippen molar-refractivity contribution in [3.63, 3.8) is 0 Å². The van der Waals surface area contributed by atoms with Crippen molar-refractivity contribution >= 4 is 35.0 Å². The van der Waals surface area contributed by atoms with Crippen molar-refractivity contribution in [2.45, 2.75) is 53.1 Å². The van der Waals surface area contributed by atoms with Gasteiger partial charge >= 0.3 is 0 Å². The number of halogens is 2. The molecule has 2 aromatic rings. The van der Waals surface area contributed by atoms with E-state index in [-0.39, 0.29) is 25.0 Å². The summed E-state index contributed by atoms with van der Waals surface area (Å²) >= 11 is 12.2. The first-order chi connectivity index (χ1) is 14.8. The SMILES string of the molecule is CCCNC(=O)[C@H](CC)N(Cc1ccc(Cl)c(Cl)c1)C(=O)COc1cccc(C)c1C. The quantitative estimate of drug-likeness (QED) is 0.517. The van der Waals surface area contributed by atoms with Crippen molar-refractivity contribution in [2.24, 2.45) is 0 Å². The van der Waals surface area contributed by atoms with Gasteiger partial charge in [-0.1, -0.05) is 55.2 Å². The van der Waals surface area contributed by atoms with Gasteiger partial charge < -0.3 is 15.0 Å². The summed E-state index contributed by atoms with van der Waals surface area (Å²) in [6.45, 7) is 8.44. The molecule has 0 aliphatic rings. The molecule has 1 N–H and O–H groups in total. The Morgan fingerprint density at radius 1 is 1.10 bits per heavy atom. The summed E-state index contributed by atoms with van der Waals surface area (Å²) in [4.78, 5) is 27.5. The lowest BCUT2D eigenvalue weighted by Crippen LogP contribution is -2.50. The van der Waals surface area contributed by atoms with Crippen molar-refractivity contribution in [3.8, 4) is 5.75 Å². The predicted molar refractivity (Wildman–Crippen MR) is 126 cm³/mol. The number of hydrogen-bond acceptors (Lipinski definition) is 3. The van der Waals surface area contributed by atoms with Crippen LogP contribution in [-0.2, 0) is 16.1 Å². The fourth-order valence-corrected chi connectivity index (χ4v) is 3.54. The lowest BCUT2D eigenvalue weighted by molar-refractivity contribution is -0.143. The maximum Gasteiger partial charge on any atom is 0.261 e. The highest BCUT2D eigenvalue weighted by Gasteiger charge is 2.29. The smallest absolute Gasteiger partial charge is 0.261 e. The van der Waals surface area contributed by atoms with Crippen molar-refractivity contribution < 1.29 is 14.3 Å². The Morgan fingerprint density at radius 3 is 2.48 bits per heavy atom. The van der Waals surface area contributed by atoms with Crippen molar-refractivity contribution in [1.29, 1.82) is 0 Å². The molecule has 0 saturated heterocycles. The van der Waals surface area contributed by atoms with Gasteiger partial charge in [0.1, 0.15) is 11.8 Å². The minimum absolute atomic E-state index is 0.164. The van der Waals surface area contributed by atoms with Crippen LogP contribution in [0.25, 0.3) is 0 Å². The number of ether oxygens (including phenoxy) is 1. The van der Waals surface area contributed by atoms with E-state index in [1.165, 1.54) is 0 Å². The third-order valence-corrected chi connectivity index (χ3v) is 5.92. The molecule has 31 heavy (non-hydrogen) atoms. The van der Waals surface area contributed by atoms with Crippen molar-refractivity contribution in [3.05, 3.63) is 63.1 Å². The summed E-state index contributed by atoms with van der Waals surface area (Å²) in [6.07, 6.45) is 1.30. The Balaban J connectivity index is 2.25. The molecular weight excluding hydrogens is 435 g/mol. The van der Waals surface area contributed by atoms with Gasteiger partial charge in [-0.05, 0) is 61.6 Å². The number of hydrogen-bond donors (Lipinski definition) is 1. The average molecular weight is 465 g/mol. The fourth-order valence-electron chi connectivity index (χ4n) is 3.22. The molecular formula is C24H30Cl2N2O3. The molecule has 168 valence electrons. The number of benzene rings is 2. The zero-order chi connectivity index (χ0) is 23.0. The van der Waals surface area contributed by atoms with Gasteiger partial charge in [0.25, 0.3) is 5.91 Å². The lowest BCUT2D eigenvalue weighted by Gasteiger charge is -2.30. The summed E-state index contributed by atoms with van der Waals surface area (Å²) in [5, 5.41) is 3.74. The van der Waals surface area contributed by atoms with E-state index in [0.717, 1.165) is 23.1 Å². The molecule has 0 spiro atoms. The van der Waals surface area contributed by atoms with Gasteiger partial charge in [-0.15, -0.1) is 0 Å². The zero-order valence-corrected chi connectivity index (χ0v) is 20.0. The number of amides is 2. The summed E-state index contributed by atoms with van der Waals surface area (Å²) in [5.74, 6) is 0.210. The van der Waals surface area contributed by atoms with Crippen LogP contribution in [0, 0.1) is 13.8 Å². The van der Waals surface area contributed by atoms with E-state index in [1.807, 2.05) is 45.9 Å². The van der Waals surface area contributed by atoms with E-state index in [4.69, 9.17) is 27.9 Å². The highest BCUT2D eigenvalue weighted by atomic mass is 35.5. The molecule has 1 atom stereocenters. The second-order valence-electron chi connectivity index (χ2n) is 7.47. The molecule has 0 aromatic heterocycles. The molecule has 2 amide bonds. The molecule has 0 aliphatic heterocycles. The van der Waals surface area contributed by atoms with Crippen LogP contribution >= 0.6 is 23.2 Å². The Morgan fingerprint density at radius 2 is 1.84 bits per heavy atom. The van der Waals surface area contributed by atoms with Gasteiger partial charge in [0, 0.05) is 13.1 Å². The molecule has 0 unspecified atom stereocenters. The van der Waals surface area contributed by atoms with Crippen LogP contribution in [0.3, 0.4) is 0 Å². The molecule has 0 saturated carbocycles. The standard InChI is InChI=1S/C24H30Cl2N2O3/c1-5-12-27-24(30)21(6-2)28(14-18-10-11-19(25)20(26)13-18)23(29)15-31-22-9-7-8-16(3)17(22)4/h7-11,13,21H,5-6,12,14-15H2,1-4H3,(H,27,30)/t21-/m0/s1. The minimum Gasteiger partial charge on any atom is -0.483 e. The van der Waals surface area contributed by atoms with Gasteiger partial charge in [-0.25, -0.2) is 0 Å². The highest BCUT2D eigenvalue weighted by molar-refractivity contribution is 6.42. The van der Waals surface area contributed by atoms with E-state index in [2.05, 4.69) is 5.32 Å². The molecule has 0 bridgehead atoms.